The van der Waals surface area contributed by atoms with Crippen LogP contribution in [0.1, 0.15) is 136 Å². The van der Waals surface area contributed by atoms with Crippen LogP contribution in [-0.2, 0) is 29.0 Å². The maximum atomic E-state index is 13.5. The Hall–Kier alpha value is -2.08. The Balaban J connectivity index is 0.653. The molecule has 2 amide bonds. The molecule has 0 radical (unpaired) electrons. The number of carbonyl (C=O) groups excluding carboxylic acids is 2. The molecule has 2 saturated heterocycles. The average molecular weight is 717 g/mol. The van der Waals surface area contributed by atoms with Crippen molar-refractivity contribution in [1.29, 1.82) is 0 Å². The summed E-state index contributed by atoms with van der Waals surface area (Å²) >= 11 is 0. The molecule has 0 atom stereocenters. The molecule has 8 bridgehead atoms. The molecule has 1 aromatic rings. The maximum absolute atomic E-state index is 13.5. The van der Waals surface area contributed by atoms with Gasteiger partial charge in [0.05, 0.1) is 11.1 Å². The van der Waals surface area contributed by atoms with Crippen molar-refractivity contribution in [2.24, 2.45) is 59.2 Å². The van der Waals surface area contributed by atoms with Crippen molar-refractivity contribution in [1.82, 2.24) is 10.6 Å². The van der Waals surface area contributed by atoms with Gasteiger partial charge in [0.25, 0.3) is 11.8 Å². The molecular weight excluding hydrogens is 660 g/mol. The third kappa shape index (κ3) is 5.31. The molecule has 13 rings (SSSR count). The molecule has 10 nitrogen and oxygen atoms in total. The Morgan fingerprint density at radius 2 is 0.865 bits per heavy atom. The van der Waals surface area contributed by atoms with Crippen LogP contribution in [0.2, 0.25) is 0 Å². The van der Waals surface area contributed by atoms with Crippen molar-refractivity contribution >= 4 is 11.8 Å². The van der Waals surface area contributed by atoms with E-state index in [-0.39, 0.29) is 11.8 Å². The lowest BCUT2D eigenvalue weighted by Crippen LogP contribution is -2.59. The molecule has 12 fully saturated rings. The van der Waals surface area contributed by atoms with Gasteiger partial charge in [-0.1, -0.05) is 12.1 Å². The van der Waals surface area contributed by atoms with Crippen LogP contribution in [0.25, 0.3) is 0 Å². The molecule has 0 aromatic heterocycles. The van der Waals surface area contributed by atoms with Gasteiger partial charge in [-0.05, 0) is 138 Å². The smallest absolute Gasteiger partial charge is 0.252 e. The monoisotopic (exact) mass is 716 g/mol. The van der Waals surface area contributed by atoms with Gasteiger partial charge in [-0.15, -0.1) is 0 Å². The van der Waals surface area contributed by atoms with Crippen LogP contribution < -0.4 is 10.6 Å². The lowest BCUT2D eigenvalue weighted by atomic mass is 9.53. The van der Waals surface area contributed by atoms with Crippen LogP contribution in [0.5, 0.6) is 0 Å². The topological polar surface area (TPSA) is 114 Å². The van der Waals surface area contributed by atoms with E-state index in [0.717, 1.165) is 75.0 Å². The summed E-state index contributed by atoms with van der Waals surface area (Å²) in [5.74, 6) is 3.07. The summed E-state index contributed by atoms with van der Waals surface area (Å²) < 4.78 is 13.8. The Labute approximate surface area is 306 Å². The van der Waals surface area contributed by atoms with E-state index in [9.17, 15) is 9.59 Å². The number of carbonyl (C=O) groups is 2. The highest BCUT2D eigenvalue weighted by molar-refractivity contribution is 6.07. The molecule has 0 unspecified atom stereocenters. The van der Waals surface area contributed by atoms with Crippen LogP contribution in [0.3, 0.4) is 0 Å². The highest BCUT2D eigenvalue weighted by atomic mass is 17.3. The molecule has 52 heavy (non-hydrogen) atoms. The minimum atomic E-state index is -0.651. The molecule has 10 heteroatoms. The first-order valence-corrected chi connectivity index (χ1v) is 21.1. The van der Waals surface area contributed by atoms with E-state index >= 15 is 0 Å². The Morgan fingerprint density at radius 1 is 0.519 bits per heavy atom. The second-order valence-corrected chi connectivity index (χ2v) is 19.3. The van der Waals surface area contributed by atoms with Crippen LogP contribution in [0.4, 0.5) is 0 Å². The number of ether oxygens (including phenoxy) is 2. The van der Waals surface area contributed by atoms with Crippen molar-refractivity contribution in [3.05, 3.63) is 35.4 Å². The van der Waals surface area contributed by atoms with E-state index in [1.54, 1.807) is 12.1 Å². The average Bonchev–Trinajstić information content (AvgIpc) is 3.72. The predicted octanol–water partition coefficient (Wildman–Crippen LogP) is 7.18. The van der Waals surface area contributed by atoms with Gasteiger partial charge in [0.1, 0.15) is 0 Å². The van der Waals surface area contributed by atoms with E-state index in [4.69, 9.17) is 29.0 Å². The molecule has 4 spiro atoms. The lowest BCUT2D eigenvalue weighted by molar-refractivity contribution is -0.390. The number of rotatable bonds is 6. The summed E-state index contributed by atoms with van der Waals surface area (Å²) in [7, 11) is 0. The third-order valence-electron chi connectivity index (χ3n) is 16.1. The summed E-state index contributed by atoms with van der Waals surface area (Å²) in [6.45, 7) is 1.13. The van der Waals surface area contributed by atoms with Crippen LogP contribution >= 0.6 is 0 Å². The molecular formula is C42H56N2O8. The Bertz CT molecular complexity index is 1410. The van der Waals surface area contributed by atoms with Crippen molar-refractivity contribution in [2.45, 2.75) is 139 Å². The van der Waals surface area contributed by atoms with Crippen molar-refractivity contribution < 1.29 is 38.6 Å². The predicted molar refractivity (Wildman–Crippen MR) is 187 cm³/mol. The van der Waals surface area contributed by atoms with Gasteiger partial charge in [-0.2, -0.15) is 19.6 Å². The maximum Gasteiger partial charge on any atom is 0.252 e. The molecule has 2 N–H and O–H groups in total. The number of hydrogen-bond acceptors (Lipinski definition) is 8. The summed E-state index contributed by atoms with van der Waals surface area (Å²) in [5.41, 5.74) is 0.834. The SMILES string of the molecule is O=C(NCC1CCC2(CC1)OOC1(O2)C2CC3CC(C2)CC1C3)c1ccccc1C(=O)NCC1CCC2(CC1)OOC1(O2)C2CC3CC(C2)CC1C3. The summed E-state index contributed by atoms with van der Waals surface area (Å²) in [6.07, 6.45) is 19.2. The summed E-state index contributed by atoms with van der Waals surface area (Å²) in [6, 6.07) is 7.15. The minimum Gasteiger partial charge on any atom is -0.352 e. The van der Waals surface area contributed by atoms with Crippen molar-refractivity contribution in [2.75, 3.05) is 13.1 Å². The van der Waals surface area contributed by atoms with E-state index in [1.807, 2.05) is 12.1 Å². The Morgan fingerprint density at radius 3 is 1.21 bits per heavy atom. The molecule has 10 saturated carbocycles. The van der Waals surface area contributed by atoms with Gasteiger partial charge < -0.3 is 20.1 Å². The van der Waals surface area contributed by atoms with E-state index < -0.39 is 23.1 Å². The summed E-state index contributed by atoms with van der Waals surface area (Å²) in [5, 5.41) is 6.29. The van der Waals surface area contributed by atoms with Gasteiger partial charge in [0, 0.05) is 62.4 Å². The third-order valence-corrected chi connectivity index (χ3v) is 16.1. The number of benzene rings is 1. The van der Waals surface area contributed by atoms with Gasteiger partial charge >= 0.3 is 0 Å². The largest absolute Gasteiger partial charge is 0.352 e. The van der Waals surface area contributed by atoms with E-state index in [1.165, 1.54) is 64.2 Å². The Kier molecular flexibility index (Phi) is 7.81. The zero-order chi connectivity index (χ0) is 34.7. The molecule has 282 valence electrons. The lowest BCUT2D eigenvalue weighted by Gasteiger charge is -2.57. The molecule has 2 aliphatic heterocycles. The molecule has 2 heterocycles. The zero-order valence-corrected chi connectivity index (χ0v) is 30.5. The number of amides is 2. The fourth-order valence-electron chi connectivity index (χ4n) is 13.8. The minimum absolute atomic E-state index is 0.205. The van der Waals surface area contributed by atoms with Gasteiger partial charge in [-0.25, -0.2) is 0 Å². The summed E-state index contributed by atoms with van der Waals surface area (Å²) in [4.78, 5) is 51.6. The standard InChI is InChI=1S/C42H56N2O8/c45-37(43-23-25-5-9-39(10-6-25)47-41(51-49-39)31-15-27-13-28(17-31)18-32(41)16-27)35-3-1-2-4-36(35)38(46)44-24-26-7-11-40(12-8-26)48-42(52-50-40)33-19-29-14-30(21-33)22-34(42)20-29/h1-4,25-34H,5-24H2,(H,43,45)(H,44,46). The van der Waals surface area contributed by atoms with Crippen LogP contribution in [0.15, 0.2) is 24.3 Å². The quantitative estimate of drug-likeness (QED) is 0.298. The normalized spacial score (nSPS) is 49.5. The van der Waals surface area contributed by atoms with E-state index in [2.05, 4.69) is 10.6 Å². The number of hydrogen-bond donors (Lipinski definition) is 2. The van der Waals surface area contributed by atoms with Crippen LogP contribution in [0, 0.1) is 59.2 Å². The highest BCUT2D eigenvalue weighted by Gasteiger charge is 2.68. The molecule has 10 aliphatic carbocycles. The van der Waals surface area contributed by atoms with Crippen molar-refractivity contribution in [3.8, 4) is 0 Å². The van der Waals surface area contributed by atoms with E-state index in [0.29, 0.717) is 59.7 Å². The highest BCUT2D eigenvalue weighted by Crippen LogP contribution is 2.65. The van der Waals surface area contributed by atoms with Crippen LogP contribution in [-0.4, -0.2) is 48.1 Å². The second kappa shape index (κ2) is 12.2. The van der Waals surface area contributed by atoms with Gasteiger partial charge in [-0.3, -0.25) is 9.59 Å². The van der Waals surface area contributed by atoms with Gasteiger partial charge in [0.2, 0.25) is 23.1 Å². The molecule has 12 aliphatic rings. The van der Waals surface area contributed by atoms with Crippen molar-refractivity contribution in [3.63, 3.8) is 0 Å². The first kappa shape index (κ1) is 33.3. The zero-order valence-electron chi connectivity index (χ0n) is 30.5. The first-order valence-electron chi connectivity index (χ1n) is 21.1. The fourth-order valence-corrected chi connectivity index (χ4v) is 13.8. The molecule has 1 aromatic carbocycles. The van der Waals surface area contributed by atoms with Gasteiger partial charge in [0.15, 0.2) is 0 Å². The second-order valence-electron chi connectivity index (χ2n) is 19.3. The number of nitrogens with one attached hydrogen (secondary N) is 2. The fraction of sp³-hybridized carbons (Fsp3) is 0.810. The first-order chi connectivity index (χ1) is 25.3.